The van der Waals surface area contributed by atoms with Gasteiger partial charge in [-0.15, -0.1) is 0 Å². The number of rotatable bonds is 4. The molecule has 0 radical (unpaired) electrons. The Bertz CT molecular complexity index is 637. The van der Waals surface area contributed by atoms with E-state index in [1.807, 2.05) is 0 Å². The van der Waals surface area contributed by atoms with Gasteiger partial charge in [0.25, 0.3) is 0 Å². The topological polar surface area (TPSA) is 126 Å². The van der Waals surface area contributed by atoms with Crippen LogP contribution in [0.25, 0.3) is 0 Å². The molecule has 1 aromatic rings. The van der Waals surface area contributed by atoms with Crippen molar-refractivity contribution in [3.63, 3.8) is 0 Å². The molecule has 0 aliphatic carbocycles. The molecule has 1 saturated heterocycles. The summed E-state index contributed by atoms with van der Waals surface area (Å²) in [5, 5.41) is 11.2. The van der Waals surface area contributed by atoms with Crippen molar-refractivity contribution in [1.29, 1.82) is 0 Å². The van der Waals surface area contributed by atoms with Crippen LogP contribution in [0.15, 0.2) is 20.0 Å². The van der Waals surface area contributed by atoms with Crippen molar-refractivity contribution in [1.82, 2.24) is 10.0 Å². The van der Waals surface area contributed by atoms with Crippen molar-refractivity contribution in [3.05, 3.63) is 16.5 Å². The molecular weight excluding hydrogens is 344 g/mol. The maximum absolute atomic E-state index is 12.0. The van der Waals surface area contributed by atoms with Crippen LogP contribution in [0.3, 0.4) is 0 Å². The van der Waals surface area contributed by atoms with E-state index in [4.69, 9.17) is 9.52 Å². The highest BCUT2D eigenvalue weighted by Crippen LogP contribution is 2.26. The Kier molecular flexibility index (Phi) is 3.65. The molecule has 1 aliphatic rings. The van der Waals surface area contributed by atoms with E-state index in [0.29, 0.717) is 0 Å². The van der Waals surface area contributed by atoms with Gasteiger partial charge in [-0.3, -0.25) is 4.79 Å². The highest BCUT2D eigenvalue weighted by atomic mass is 79.9. The van der Waals surface area contributed by atoms with E-state index in [2.05, 4.69) is 26.0 Å². The molecule has 104 valence electrons. The molecule has 0 spiro atoms. The molecule has 10 heteroatoms. The lowest BCUT2D eigenvalue weighted by atomic mass is 10.3. The van der Waals surface area contributed by atoms with Crippen LogP contribution < -0.4 is 10.0 Å². The first-order chi connectivity index (χ1) is 8.79. The van der Waals surface area contributed by atoms with Gasteiger partial charge in [0.1, 0.15) is 4.90 Å². The highest BCUT2D eigenvalue weighted by Gasteiger charge is 2.30. The zero-order chi connectivity index (χ0) is 14.2. The number of furan rings is 1. The molecule has 2 heterocycles. The summed E-state index contributed by atoms with van der Waals surface area (Å²) >= 11 is 2.85. The number of carbonyl (C=O) groups excluding carboxylic acids is 1. The number of amides is 1. The molecule has 3 N–H and O–H groups in total. The van der Waals surface area contributed by atoms with Crippen LogP contribution in [-0.2, 0) is 14.8 Å². The van der Waals surface area contributed by atoms with E-state index in [1.54, 1.807) is 0 Å². The molecule has 19 heavy (non-hydrogen) atoms. The fourth-order valence-corrected chi connectivity index (χ4v) is 3.79. The number of carbonyl (C=O) groups is 2. The number of aromatic carboxylic acids is 1. The van der Waals surface area contributed by atoms with Gasteiger partial charge in [-0.25, -0.2) is 17.9 Å². The lowest BCUT2D eigenvalue weighted by Crippen LogP contribution is -2.36. The van der Waals surface area contributed by atoms with Gasteiger partial charge >= 0.3 is 5.97 Å². The van der Waals surface area contributed by atoms with E-state index in [9.17, 15) is 18.0 Å². The Morgan fingerprint density at radius 3 is 2.74 bits per heavy atom. The maximum atomic E-state index is 12.0. The first-order valence-corrected chi connectivity index (χ1v) is 7.39. The van der Waals surface area contributed by atoms with Gasteiger partial charge in [0.2, 0.25) is 21.7 Å². The smallest absolute Gasteiger partial charge is 0.371 e. The van der Waals surface area contributed by atoms with Crippen LogP contribution in [0.5, 0.6) is 0 Å². The summed E-state index contributed by atoms with van der Waals surface area (Å²) in [6.07, 6.45) is 0.0422. The van der Waals surface area contributed by atoms with Gasteiger partial charge in [0.15, 0.2) is 4.67 Å². The molecule has 2 rings (SSSR count). The quantitative estimate of drug-likeness (QED) is 0.695. The third-order valence-corrected chi connectivity index (χ3v) is 4.83. The van der Waals surface area contributed by atoms with Crippen molar-refractivity contribution in [2.75, 3.05) is 6.54 Å². The second-order valence-corrected chi connectivity index (χ2v) is 6.28. The van der Waals surface area contributed by atoms with Crippen molar-refractivity contribution in [2.45, 2.75) is 17.4 Å². The Hall–Kier alpha value is -1.39. The molecule has 1 aromatic heterocycles. The van der Waals surface area contributed by atoms with Crippen LogP contribution in [-0.4, -0.2) is 38.0 Å². The van der Waals surface area contributed by atoms with Crippen LogP contribution in [0.1, 0.15) is 17.0 Å². The lowest BCUT2D eigenvalue weighted by Gasteiger charge is -2.09. The van der Waals surface area contributed by atoms with Gasteiger partial charge < -0.3 is 14.8 Å². The van der Waals surface area contributed by atoms with Crippen molar-refractivity contribution in [2.24, 2.45) is 0 Å². The molecule has 0 bridgehead atoms. The van der Waals surface area contributed by atoms with E-state index in [-0.39, 0.29) is 28.4 Å². The summed E-state index contributed by atoms with van der Waals surface area (Å²) < 4.78 is 30.9. The summed E-state index contributed by atoms with van der Waals surface area (Å²) in [7, 11) is -3.96. The predicted octanol–water partition coefficient (Wildman–Crippen LogP) is -0.0929. The van der Waals surface area contributed by atoms with E-state index >= 15 is 0 Å². The van der Waals surface area contributed by atoms with Crippen molar-refractivity contribution in [3.8, 4) is 0 Å². The minimum absolute atomic E-state index is 0.0422. The van der Waals surface area contributed by atoms with E-state index < -0.39 is 27.8 Å². The Morgan fingerprint density at radius 1 is 1.58 bits per heavy atom. The van der Waals surface area contributed by atoms with Crippen molar-refractivity contribution < 1.29 is 27.5 Å². The number of carboxylic acids is 1. The minimum atomic E-state index is -3.96. The third kappa shape index (κ3) is 2.96. The summed E-state index contributed by atoms with van der Waals surface area (Å²) in [5.41, 5.74) is 0. The summed E-state index contributed by atoms with van der Waals surface area (Å²) in [4.78, 5) is 21.4. The fraction of sp³-hybridized carbons (Fsp3) is 0.333. The number of sulfonamides is 1. The monoisotopic (exact) mass is 352 g/mol. The predicted molar refractivity (Wildman–Crippen MR) is 65.1 cm³/mol. The second kappa shape index (κ2) is 4.94. The molecular formula is C9H9BrN2O6S. The summed E-state index contributed by atoms with van der Waals surface area (Å²) in [6.45, 7) is 0.194. The first-order valence-electron chi connectivity index (χ1n) is 5.11. The fourth-order valence-electron chi connectivity index (χ4n) is 1.61. The van der Waals surface area contributed by atoms with Gasteiger partial charge in [0.05, 0.1) is 0 Å². The molecule has 1 aliphatic heterocycles. The average Bonchev–Trinajstić information content (AvgIpc) is 2.85. The number of hydrogen-bond donors (Lipinski definition) is 3. The van der Waals surface area contributed by atoms with Gasteiger partial charge in [-0.2, -0.15) is 0 Å². The van der Waals surface area contributed by atoms with Crippen LogP contribution in [0.4, 0.5) is 0 Å². The van der Waals surface area contributed by atoms with Crippen molar-refractivity contribution >= 4 is 37.8 Å². The Balaban J connectivity index is 2.24. The summed E-state index contributed by atoms with van der Waals surface area (Å²) in [5.74, 6) is -2.11. The molecule has 0 aromatic carbocycles. The largest absolute Gasteiger partial charge is 0.475 e. The number of halogens is 1. The molecule has 8 nitrogen and oxygen atoms in total. The first kappa shape index (κ1) is 14.0. The standard InChI is InChI=1S/C9H9BrN2O6S/c10-8-6(2-5(18-8)9(14)15)19(16,17)12-4-1-7(13)11-3-4/h2,4,12H,1,3H2,(H,11,13)(H,14,15). The third-order valence-electron chi connectivity index (χ3n) is 2.46. The number of hydrogen-bond acceptors (Lipinski definition) is 5. The zero-order valence-electron chi connectivity index (χ0n) is 9.34. The summed E-state index contributed by atoms with van der Waals surface area (Å²) in [6, 6.07) is 0.339. The van der Waals surface area contributed by atoms with Crippen LogP contribution >= 0.6 is 15.9 Å². The zero-order valence-corrected chi connectivity index (χ0v) is 11.7. The lowest BCUT2D eigenvalue weighted by molar-refractivity contribution is -0.119. The molecule has 0 saturated carbocycles. The normalized spacial score (nSPS) is 19.4. The van der Waals surface area contributed by atoms with Gasteiger partial charge in [-0.05, 0) is 15.9 Å². The number of nitrogens with one attached hydrogen (secondary N) is 2. The second-order valence-electron chi connectivity index (χ2n) is 3.88. The molecule has 1 fully saturated rings. The maximum Gasteiger partial charge on any atom is 0.371 e. The highest BCUT2D eigenvalue weighted by molar-refractivity contribution is 9.10. The van der Waals surface area contributed by atoms with E-state index in [0.717, 1.165) is 6.07 Å². The average molecular weight is 353 g/mol. The van der Waals surface area contributed by atoms with E-state index in [1.165, 1.54) is 0 Å². The Labute approximate surface area is 116 Å². The molecule has 1 amide bonds. The van der Waals surface area contributed by atoms with Crippen LogP contribution in [0, 0.1) is 0 Å². The van der Waals surface area contributed by atoms with Gasteiger partial charge in [-0.1, -0.05) is 0 Å². The Morgan fingerprint density at radius 2 is 2.26 bits per heavy atom. The SMILES string of the molecule is O=C1CC(NS(=O)(=O)c2cc(C(=O)O)oc2Br)CN1. The molecule has 1 atom stereocenters. The molecule has 1 unspecified atom stereocenters. The minimum Gasteiger partial charge on any atom is -0.475 e. The number of carboxylic acid groups (broad SMARTS) is 1. The van der Waals surface area contributed by atoms with Gasteiger partial charge in [0, 0.05) is 25.1 Å². The van der Waals surface area contributed by atoms with Crippen LogP contribution in [0.2, 0.25) is 0 Å².